The van der Waals surface area contributed by atoms with Gasteiger partial charge >= 0.3 is 24.3 Å². The molecular weight excluding hydrogens is 581 g/mol. The summed E-state index contributed by atoms with van der Waals surface area (Å²) in [5, 5.41) is 14.2. The van der Waals surface area contributed by atoms with Crippen molar-refractivity contribution in [3.63, 3.8) is 0 Å². The molecule has 4 heterocycles. The molecule has 5 rings (SSSR count). The van der Waals surface area contributed by atoms with E-state index in [0.717, 1.165) is 36.6 Å². The molecule has 3 aromatic rings. The molecule has 16 heteroatoms. The highest BCUT2D eigenvalue weighted by molar-refractivity contribution is 5.94. The van der Waals surface area contributed by atoms with Crippen LogP contribution in [0.4, 0.5) is 30.7 Å². The summed E-state index contributed by atoms with van der Waals surface area (Å²) >= 11 is 0. The fraction of sp³-hybridized carbons (Fsp3) is 0.308. The first-order valence-corrected chi connectivity index (χ1v) is 12.0. The maximum atomic E-state index is 13.2. The summed E-state index contributed by atoms with van der Waals surface area (Å²) in [5.74, 6) is -5.68. The molecule has 0 saturated carbocycles. The van der Waals surface area contributed by atoms with Gasteiger partial charge < -0.3 is 19.7 Å². The molecule has 42 heavy (non-hydrogen) atoms. The van der Waals surface area contributed by atoms with Crippen molar-refractivity contribution in [1.29, 1.82) is 0 Å². The Morgan fingerprint density at radius 3 is 1.93 bits per heavy atom. The van der Waals surface area contributed by atoms with Crippen molar-refractivity contribution in [3.05, 3.63) is 89.8 Å². The number of hydrogen-bond donors (Lipinski definition) is 2. The van der Waals surface area contributed by atoms with Gasteiger partial charge in [0.2, 0.25) is 0 Å². The highest BCUT2D eigenvalue weighted by atomic mass is 19.4. The van der Waals surface area contributed by atoms with E-state index in [4.69, 9.17) is 19.8 Å². The molecule has 1 aromatic carbocycles. The minimum absolute atomic E-state index is 0.0561. The number of amides is 1. The topological polar surface area (TPSA) is 116 Å². The Morgan fingerprint density at radius 2 is 1.40 bits per heavy atom. The minimum Gasteiger partial charge on any atom is -0.475 e. The van der Waals surface area contributed by atoms with Crippen molar-refractivity contribution in [1.82, 2.24) is 19.4 Å². The van der Waals surface area contributed by atoms with E-state index >= 15 is 0 Å². The average molecular weight is 604 g/mol. The molecule has 0 spiro atoms. The second-order valence-corrected chi connectivity index (χ2v) is 9.12. The highest BCUT2D eigenvalue weighted by Crippen LogP contribution is 2.35. The fourth-order valence-electron chi connectivity index (χ4n) is 4.42. The Hall–Kier alpha value is -4.47. The van der Waals surface area contributed by atoms with E-state index in [0.29, 0.717) is 6.54 Å². The summed E-state index contributed by atoms with van der Waals surface area (Å²) in [6.07, 6.45) is -6.40. The number of carbonyl (C=O) groups excluding carboxylic acids is 1. The summed E-state index contributed by atoms with van der Waals surface area (Å²) in [4.78, 5) is 39.7. The van der Waals surface area contributed by atoms with Crippen LogP contribution in [0.25, 0.3) is 0 Å². The van der Waals surface area contributed by atoms with E-state index in [2.05, 4.69) is 14.5 Å². The number of alkyl halides is 6. The molecule has 2 aliphatic rings. The molecule has 9 nitrogen and oxygen atoms in total. The highest BCUT2D eigenvalue weighted by Gasteiger charge is 2.45. The van der Waals surface area contributed by atoms with Crippen LogP contribution in [0.5, 0.6) is 0 Å². The van der Waals surface area contributed by atoms with Crippen LogP contribution in [-0.4, -0.2) is 78.9 Å². The first-order valence-electron chi connectivity index (χ1n) is 12.0. The molecule has 226 valence electrons. The molecule has 1 saturated heterocycles. The number of rotatable bonds is 4. The standard InChI is InChI=1S/C22H21FN4O.2C2HF3O2/c23-17-8-6-16(7-9-17)12-25-14-20-21(15-25)27(13-18-4-1-2-10-24-18)22(28)19-5-3-11-26(19)20;2*3-2(4,5)1(6)7/h1-11,20-21H,12-15H2;2*(H,6,7). The number of nitrogens with zero attached hydrogens (tertiary/aromatic N) is 4. The van der Waals surface area contributed by atoms with E-state index in [1.807, 2.05) is 53.6 Å². The van der Waals surface area contributed by atoms with Crippen LogP contribution < -0.4 is 0 Å². The van der Waals surface area contributed by atoms with E-state index in [9.17, 15) is 35.5 Å². The van der Waals surface area contributed by atoms with Gasteiger partial charge in [0.25, 0.3) is 5.91 Å². The number of likely N-dealkylation sites (tertiary alicyclic amines) is 1. The van der Waals surface area contributed by atoms with Gasteiger partial charge in [0.15, 0.2) is 0 Å². The van der Waals surface area contributed by atoms with Gasteiger partial charge in [-0.25, -0.2) is 14.0 Å². The lowest BCUT2D eigenvalue weighted by Crippen LogP contribution is -2.49. The van der Waals surface area contributed by atoms with Gasteiger partial charge in [-0.05, 0) is 42.0 Å². The third kappa shape index (κ3) is 8.28. The SMILES string of the molecule is O=C(O)C(F)(F)F.O=C(O)C(F)(F)F.O=C1c2cccn2C2CN(Cc3ccc(F)cc3)CC2N1Cc1ccccn1. The normalized spacial score (nSPS) is 18.2. The number of hydrogen-bond acceptors (Lipinski definition) is 5. The number of fused-ring (bicyclic) bond motifs is 3. The average Bonchev–Trinajstić information content (AvgIpc) is 3.56. The molecular formula is C26H23F7N4O5. The molecule has 1 fully saturated rings. The molecule has 0 bridgehead atoms. The number of carboxylic acid groups (broad SMARTS) is 2. The van der Waals surface area contributed by atoms with Crippen molar-refractivity contribution in [3.8, 4) is 0 Å². The number of aliphatic carboxylic acids is 2. The fourth-order valence-corrected chi connectivity index (χ4v) is 4.42. The maximum absolute atomic E-state index is 13.2. The van der Waals surface area contributed by atoms with E-state index in [1.165, 1.54) is 12.1 Å². The zero-order chi connectivity index (χ0) is 31.2. The molecule has 0 aliphatic carbocycles. The Kier molecular flexibility index (Phi) is 9.93. The third-order valence-electron chi connectivity index (χ3n) is 6.21. The molecule has 0 radical (unpaired) electrons. The lowest BCUT2D eigenvalue weighted by Gasteiger charge is -2.38. The van der Waals surface area contributed by atoms with Crippen LogP contribution in [0.15, 0.2) is 67.0 Å². The Balaban J connectivity index is 0.000000289. The second kappa shape index (κ2) is 13.0. The summed E-state index contributed by atoms with van der Waals surface area (Å²) in [5.41, 5.74) is 2.71. The smallest absolute Gasteiger partial charge is 0.475 e. The number of benzene rings is 1. The van der Waals surface area contributed by atoms with Gasteiger partial charge in [0.1, 0.15) is 11.5 Å². The number of aromatic nitrogens is 2. The van der Waals surface area contributed by atoms with Crippen molar-refractivity contribution in [2.45, 2.75) is 37.5 Å². The molecule has 2 aromatic heterocycles. The molecule has 2 aliphatic heterocycles. The van der Waals surface area contributed by atoms with Crippen molar-refractivity contribution in [2.75, 3.05) is 13.1 Å². The molecule has 2 N–H and O–H groups in total. The number of carbonyl (C=O) groups is 3. The Labute approximate surface area is 233 Å². The summed E-state index contributed by atoms with van der Waals surface area (Å²) in [6, 6.07) is 16.6. The molecule has 1 amide bonds. The minimum atomic E-state index is -5.08. The Bertz CT molecular complexity index is 1350. The summed E-state index contributed by atoms with van der Waals surface area (Å²) < 4.78 is 78.8. The van der Waals surface area contributed by atoms with Gasteiger partial charge in [0, 0.05) is 32.0 Å². The molecule has 2 atom stereocenters. The van der Waals surface area contributed by atoms with Gasteiger partial charge in [-0.15, -0.1) is 0 Å². The van der Waals surface area contributed by atoms with Crippen LogP contribution in [0, 0.1) is 5.82 Å². The van der Waals surface area contributed by atoms with Crippen LogP contribution in [0.1, 0.15) is 27.8 Å². The Morgan fingerprint density at radius 1 is 0.833 bits per heavy atom. The van der Waals surface area contributed by atoms with E-state index in [1.54, 1.807) is 6.20 Å². The largest absolute Gasteiger partial charge is 0.490 e. The van der Waals surface area contributed by atoms with Crippen molar-refractivity contribution in [2.24, 2.45) is 0 Å². The monoisotopic (exact) mass is 604 g/mol. The van der Waals surface area contributed by atoms with Gasteiger partial charge in [0.05, 0.1) is 24.3 Å². The van der Waals surface area contributed by atoms with Crippen LogP contribution in [0.3, 0.4) is 0 Å². The third-order valence-corrected chi connectivity index (χ3v) is 6.21. The lowest BCUT2D eigenvalue weighted by molar-refractivity contribution is -0.193. The van der Waals surface area contributed by atoms with E-state index < -0.39 is 24.3 Å². The zero-order valence-electron chi connectivity index (χ0n) is 21.4. The lowest BCUT2D eigenvalue weighted by atomic mass is 10.1. The second-order valence-electron chi connectivity index (χ2n) is 9.12. The van der Waals surface area contributed by atoms with E-state index in [-0.39, 0.29) is 23.8 Å². The number of halogens is 7. The van der Waals surface area contributed by atoms with Gasteiger partial charge in [-0.3, -0.25) is 14.7 Å². The molecule has 2 unspecified atom stereocenters. The van der Waals surface area contributed by atoms with Gasteiger partial charge in [-0.1, -0.05) is 18.2 Å². The maximum Gasteiger partial charge on any atom is 0.490 e. The van der Waals surface area contributed by atoms with Crippen LogP contribution in [0.2, 0.25) is 0 Å². The number of carboxylic acids is 2. The first-order chi connectivity index (χ1) is 19.6. The van der Waals surface area contributed by atoms with Gasteiger partial charge in [-0.2, -0.15) is 26.3 Å². The summed E-state index contributed by atoms with van der Waals surface area (Å²) in [6.45, 7) is 2.90. The van der Waals surface area contributed by atoms with Crippen LogP contribution >= 0.6 is 0 Å². The predicted molar refractivity (Wildman–Crippen MR) is 130 cm³/mol. The van der Waals surface area contributed by atoms with Crippen molar-refractivity contribution >= 4 is 17.8 Å². The summed E-state index contributed by atoms with van der Waals surface area (Å²) in [7, 11) is 0. The first kappa shape index (κ1) is 32.0. The van der Waals surface area contributed by atoms with Crippen molar-refractivity contribution < 1.29 is 55.3 Å². The quantitative estimate of drug-likeness (QED) is 0.425. The zero-order valence-corrected chi connectivity index (χ0v) is 21.4. The van der Waals surface area contributed by atoms with Crippen LogP contribution in [-0.2, 0) is 22.7 Å². The predicted octanol–water partition coefficient (Wildman–Crippen LogP) is 4.37. The number of pyridine rings is 1.